The first-order valence-electron chi connectivity index (χ1n) is 10.3. The zero-order valence-corrected chi connectivity index (χ0v) is 16.4. The molecule has 0 saturated carbocycles. The number of alkyl halides is 3. The van der Waals surface area contributed by atoms with Crippen LogP contribution in [0.3, 0.4) is 0 Å². The molecule has 30 heavy (non-hydrogen) atoms. The van der Waals surface area contributed by atoms with Crippen molar-refractivity contribution in [1.29, 1.82) is 0 Å². The lowest BCUT2D eigenvalue weighted by atomic mass is 9.94. The number of nitrogens with zero attached hydrogens (tertiary/aromatic N) is 3. The van der Waals surface area contributed by atoms with Crippen LogP contribution in [0.5, 0.6) is 0 Å². The number of hydrogen-bond acceptors (Lipinski definition) is 2. The summed E-state index contributed by atoms with van der Waals surface area (Å²) in [7, 11) is 0. The largest absolute Gasteiger partial charge is 0.431 e. The van der Waals surface area contributed by atoms with Crippen LogP contribution in [0.25, 0.3) is 10.9 Å². The van der Waals surface area contributed by atoms with E-state index in [1.54, 1.807) is 30.5 Å². The van der Waals surface area contributed by atoms with Crippen LogP contribution in [-0.4, -0.2) is 15.7 Å². The van der Waals surface area contributed by atoms with Crippen molar-refractivity contribution < 1.29 is 13.2 Å². The Hall–Kier alpha value is -3.02. The highest BCUT2D eigenvalue weighted by molar-refractivity contribution is 5.83. The van der Waals surface area contributed by atoms with Gasteiger partial charge in [0.15, 0.2) is 0 Å². The highest BCUT2D eigenvalue weighted by Gasteiger charge is 2.39. The molecule has 0 spiro atoms. The van der Waals surface area contributed by atoms with E-state index in [0.717, 1.165) is 42.5 Å². The van der Waals surface area contributed by atoms with E-state index < -0.39 is 18.2 Å². The first-order chi connectivity index (χ1) is 14.5. The number of halogens is 3. The number of fused-ring (bicyclic) bond motifs is 1. The minimum Gasteiger partial charge on any atom is -0.332 e. The lowest BCUT2D eigenvalue weighted by Crippen LogP contribution is -2.36. The molecule has 0 radical (unpaired) electrons. The maximum absolute atomic E-state index is 14.0. The van der Waals surface area contributed by atoms with Crippen LogP contribution in [0.4, 0.5) is 13.2 Å². The summed E-state index contributed by atoms with van der Waals surface area (Å²) in [5.41, 5.74) is 3.21. The topological polar surface area (TPSA) is 20.5 Å². The number of rotatable bonds is 3. The molecule has 1 aromatic heterocycles. The molecule has 3 aromatic rings. The molecule has 2 heterocycles. The normalized spacial score (nSPS) is 19.4. The summed E-state index contributed by atoms with van der Waals surface area (Å²) in [5.74, 6) is 0. The summed E-state index contributed by atoms with van der Waals surface area (Å²) in [5, 5.41) is 0.572. The minimum absolute atomic E-state index is 0.519. The average molecular weight is 409 g/mol. The van der Waals surface area contributed by atoms with Gasteiger partial charge in [-0.25, -0.2) is 4.99 Å². The van der Waals surface area contributed by atoms with Gasteiger partial charge >= 0.3 is 6.18 Å². The summed E-state index contributed by atoms with van der Waals surface area (Å²) in [6.07, 6.45) is 0.501. The Balaban J connectivity index is 1.67. The third-order valence-electron chi connectivity index (χ3n) is 5.93. The molecule has 3 nitrogen and oxygen atoms in total. The van der Waals surface area contributed by atoms with Gasteiger partial charge in [0, 0.05) is 23.8 Å². The number of aromatic nitrogens is 1. The molecule has 1 aliphatic carbocycles. The van der Waals surface area contributed by atoms with Gasteiger partial charge in [-0.15, -0.1) is 0 Å². The van der Waals surface area contributed by atoms with Gasteiger partial charge < -0.3 is 4.90 Å². The molecule has 1 unspecified atom stereocenters. The van der Waals surface area contributed by atoms with E-state index in [2.05, 4.69) is 9.89 Å². The van der Waals surface area contributed by atoms with E-state index in [0.29, 0.717) is 17.4 Å². The van der Waals surface area contributed by atoms with Gasteiger partial charge in [0.2, 0.25) is 6.29 Å². The number of aliphatic imine (C=N–C) groups is 1. The van der Waals surface area contributed by atoms with Gasteiger partial charge in [0.1, 0.15) is 5.69 Å². The molecule has 5 rings (SSSR count). The first-order valence-corrected chi connectivity index (χ1v) is 10.3. The van der Waals surface area contributed by atoms with Crippen molar-refractivity contribution in [3.8, 4) is 0 Å². The number of hydrogen-bond donors (Lipinski definition) is 0. The highest BCUT2D eigenvalue weighted by Crippen LogP contribution is 2.41. The summed E-state index contributed by atoms with van der Waals surface area (Å²) < 4.78 is 43.4. The highest BCUT2D eigenvalue weighted by atomic mass is 19.4. The second-order valence-corrected chi connectivity index (χ2v) is 7.87. The molecule has 2 aliphatic rings. The van der Waals surface area contributed by atoms with E-state index in [1.807, 2.05) is 30.3 Å². The Kier molecular flexibility index (Phi) is 4.65. The summed E-state index contributed by atoms with van der Waals surface area (Å²) in [4.78, 5) is 6.73. The molecular formula is C24H22F3N3. The molecule has 154 valence electrons. The van der Waals surface area contributed by atoms with Crippen LogP contribution in [0, 0.1) is 0 Å². The summed E-state index contributed by atoms with van der Waals surface area (Å²) in [6, 6.07) is 18.1. The van der Waals surface area contributed by atoms with Crippen molar-refractivity contribution in [2.24, 2.45) is 4.99 Å². The van der Waals surface area contributed by atoms with Gasteiger partial charge in [-0.2, -0.15) is 13.2 Å². The maximum atomic E-state index is 14.0. The van der Waals surface area contributed by atoms with Gasteiger partial charge in [-0.05, 0) is 49.0 Å². The number of benzene rings is 2. The Morgan fingerprint density at radius 1 is 0.933 bits per heavy atom. The number of allylic oxidation sites excluding steroid dienone is 2. The van der Waals surface area contributed by atoms with Crippen molar-refractivity contribution in [3.63, 3.8) is 0 Å². The quantitative estimate of drug-likeness (QED) is 0.482. The zero-order valence-electron chi connectivity index (χ0n) is 16.4. The van der Waals surface area contributed by atoms with Crippen molar-refractivity contribution in [1.82, 2.24) is 9.47 Å². The molecule has 0 fully saturated rings. The predicted molar refractivity (Wildman–Crippen MR) is 112 cm³/mol. The van der Waals surface area contributed by atoms with Crippen molar-refractivity contribution >= 4 is 17.1 Å². The lowest BCUT2D eigenvalue weighted by Gasteiger charge is -2.40. The van der Waals surface area contributed by atoms with Crippen LogP contribution >= 0.6 is 0 Å². The number of para-hydroxylation sites is 1. The van der Waals surface area contributed by atoms with Gasteiger partial charge in [-0.1, -0.05) is 48.5 Å². The monoisotopic (exact) mass is 409 g/mol. The van der Waals surface area contributed by atoms with E-state index in [9.17, 15) is 13.2 Å². The van der Waals surface area contributed by atoms with Crippen LogP contribution in [0.1, 0.15) is 43.2 Å². The molecule has 2 aromatic carbocycles. The van der Waals surface area contributed by atoms with Crippen molar-refractivity contribution in [2.45, 2.75) is 44.7 Å². The van der Waals surface area contributed by atoms with Gasteiger partial charge in [0.05, 0.1) is 5.52 Å². The molecule has 6 heteroatoms. The van der Waals surface area contributed by atoms with Crippen molar-refractivity contribution in [3.05, 3.63) is 83.2 Å². The fourth-order valence-electron chi connectivity index (χ4n) is 4.56. The van der Waals surface area contributed by atoms with E-state index in [4.69, 9.17) is 0 Å². The maximum Gasteiger partial charge on any atom is 0.431 e. The molecule has 1 atom stereocenters. The Morgan fingerprint density at radius 2 is 1.67 bits per heavy atom. The Morgan fingerprint density at radius 3 is 2.47 bits per heavy atom. The molecule has 0 amide bonds. The average Bonchev–Trinajstić information content (AvgIpc) is 3.15. The molecule has 0 saturated heterocycles. The fourth-order valence-corrected chi connectivity index (χ4v) is 4.56. The molecular weight excluding hydrogens is 387 g/mol. The minimum atomic E-state index is -4.46. The third kappa shape index (κ3) is 3.30. The zero-order chi connectivity index (χ0) is 20.7. The van der Waals surface area contributed by atoms with Crippen LogP contribution in [0.15, 0.2) is 76.9 Å². The fraction of sp³-hybridized carbons (Fsp3) is 0.292. The summed E-state index contributed by atoms with van der Waals surface area (Å²) in [6.45, 7) is 0.519. The molecule has 1 aliphatic heterocycles. The second kappa shape index (κ2) is 7.35. The van der Waals surface area contributed by atoms with Crippen LogP contribution in [0.2, 0.25) is 0 Å². The summed E-state index contributed by atoms with van der Waals surface area (Å²) >= 11 is 0. The molecule has 0 N–H and O–H groups in total. The lowest BCUT2D eigenvalue weighted by molar-refractivity contribution is -0.145. The Bertz CT molecular complexity index is 1130. The van der Waals surface area contributed by atoms with Gasteiger partial charge in [-0.3, -0.25) is 4.57 Å². The van der Waals surface area contributed by atoms with Crippen LogP contribution < -0.4 is 0 Å². The SMILES string of the molecule is FC(F)(F)c1cc2ccccc2n1C1N=CC2=C(CCCC2)N1Cc1ccccc1. The van der Waals surface area contributed by atoms with Crippen LogP contribution in [-0.2, 0) is 12.7 Å². The molecule has 0 bridgehead atoms. The third-order valence-corrected chi connectivity index (χ3v) is 5.93. The van der Waals surface area contributed by atoms with E-state index in [-0.39, 0.29) is 0 Å². The smallest absolute Gasteiger partial charge is 0.332 e. The van der Waals surface area contributed by atoms with E-state index in [1.165, 1.54) is 10.6 Å². The second-order valence-electron chi connectivity index (χ2n) is 7.87. The predicted octanol–water partition coefficient (Wildman–Crippen LogP) is 6.53. The Labute approximate surface area is 173 Å². The van der Waals surface area contributed by atoms with Gasteiger partial charge in [0.25, 0.3) is 0 Å². The standard InChI is InChI=1S/C24H22F3N3/c25-24(26,27)22-14-18-10-4-7-13-21(18)30(22)23-28-15-19-11-5-6-12-20(19)29(23)16-17-8-2-1-3-9-17/h1-4,7-10,13-15,23H,5-6,11-12,16H2. The first kappa shape index (κ1) is 19.0. The van der Waals surface area contributed by atoms with E-state index >= 15 is 0 Å². The van der Waals surface area contributed by atoms with Crippen molar-refractivity contribution in [2.75, 3.05) is 0 Å².